The standard InChI is InChI=1S/C23H23NO4/c1-16-7-5-6-14-28-23(16)19-8-3-4-9-20(19)24(22(23)26)15-17-10-12-18(13-11-17)21(25)27-2/h3-5,7-13,16H,6,14-15H2,1-2H3. The van der Waals surface area contributed by atoms with Gasteiger partial charge in [0.1, 0.15) is 0 Å². The summed E-state index contributed by atoms with van der Waals surface area (Å²) in [6.07, 6.45) is 4.97. The Balaban J connectivity index is 1.70. The lowest BCUT2D eigenvalue weighted by Gasteiger charge is -2.32. The molecule has 0 fully saturated rings. The molecule has 0 radical (unpaired) electrons. The molecule has 0 saturated carbocycles. The van der Waals surface area contributed by atoms with Gasteiger partial charge in [0.25, 0.3) is 5.91 Å². The maximum atomic E-state index is 13.6. The third kappa shape index (κ3) is 2.83. The van der Waals surface area contributed by atoms with Gasteiger partial charge >= 0.3 is 5.97 Å². The van der Waals surface area contributed by atoms with Crippen molar-refractivity contribution in [3.63, 3.8) is 0 Å². The lowest BCUT2D eigenvalue weighted by Crippen LogP contribution is -2.46. The molecule has 0 saturated heterocycles. The van der Waals surface area contributed by atoms with Crippen molar-refractivity contribution >= 4 is 17.6 Å². The number of esters is 1. The lowest BCUT2D eigenvalue weighted by molar-refractivity contribution is -0.148. The molecule has 144 valence electrons. The van der Waals surface area contributed by atoms with E-state index in [0.29, 0.717) is 18.7 Å². The van der Waals surface area contributed by atoms with Crippen molar-refractivity contribution in [2.75, 3.05) is 18.6 Å². The first-order valence-corrected chi connectivity index (χ1v) is 9.47. The second-order valence-electron chi connectivity index (χ2n) is 7.19. The molecule has 2 unspecified atom stereocenters. The Morgan fingerprint density at radius 2 is 1.96 bits per heavy atom. The Morgan fingerprint density at radius 1 is 1.21 bits per heavy atom. The van der Waals surface area contributed by atoms with Crippen LogP contribution in [0.3, 0.4) is 0 Å². The molecule has 2 aromatic carbocycles. The summed E-state index contributed by atoms with van der Waals surface area (Å²) in [7, 11) is 1.36. The summed E-state index contributed by atoms with van der Waals surface area (Å²) in [6.45, 7) is 2.96. The number of nitrogens with zero attached hydrogens (tertiary/aromatic N) is 1. The number of carbonyl (C=O) groups is 2. The summed E-state index contributed by atoms with van der Waals surface area (Å²) in [5.74, 6) is -0.472. The van der Waals surface area contributed by atoms with E-state index in [9.17, 15) is 9.59 Å². The van der Waals surface area contributed by atoms with Crippen LogP contribution < -0.4 is 4.90 Å². The topological polar surface area (TPSA) is 55.8 Å². The normalized spacial score (nSPS) is 23.6. The van der Waals surface area contributed by atoms with Gasteiger partial charge in [-0.1, -0.05) is 49.4 Å². The smallest absolute Gasteiger partial charge is 0.337 e. The van der Waals surface area contributed by atoms with Crippen LogP contribution in [0.5, 0.6) is 0 Å². The number of ether oxygens (including phenoxy) is 2. The summed E-state index contributed by atoms with van der Waals surface area (Å²) >= 11 is 0. The minimum atomic E-state index is -0.977. The molecule has 0 bridgehead atoms. The van der Waals surface area contributed by atoms with Crippen LogP contribution in [0.25, 0.3) is 0 Å². The van der Waals surface area contributed by atoms with Gasteiger partial charge < -0.3 is 14.4 Å². The van der Waals surface area contributed by atoms with Crippen LogP contribution in [-0.2, 0) is 26.4 Å². The maximum absolute atomic E-state index is 13.6. The molecule has 2 aliphatic rings. The van der Waals surface area contributed by atoms with Gasteiger partial charge in [-0.2, -0.15) is 0 Å². The highest BCUT2D eigenvalue weighted by Gasteiger charge is 2.55. The average Bonchev–Trinajstić information content (AvgIpc) is 2.84. The number of rotatable bonds is 3. The van der Waals surface area contributed by atoms with Crippen molar-refractivity contribution in [1.82, 2.24) is 0 Å². The van der Waals surface area contributed by atoms with Gasteiger partial charge in [-0.25, -0.2) is 4.79 Å². The van der Waals surface area contributed by atoms with Crippen molar-refractivity contribution in [2.24, 2.45) is 5.92 Å². The number of fused-ring (bicyclic) bond motifs is 2. The zero-order chi connectivity index (χ0) is 19.7. The van der Waals surface area contributed by atoms with Crippen LogP contribution in [0, 0.1) is 5.92 Å². The monoisotopic (exact) mass is 377 g/mol. The lowest BCUT2D eigenvalue weighted by atomic mass is 9.83. The number of benzene rings is 2. The van der Waals surface area contributed by atoms with E-state index in [4.69, 9.17) is 9.47 Å². The highest BCUT2D eigenvalue weighted by atomic mass is 16.5. The predicted molar refractivity (Wildman–Crippen MR) is 106 cm³/mol. The fourth-order valence-corrected chi connectivity index (χ4v) is 4.09. The number of para-hydroxylation sites is 1. The Bertz CT molecular complexity index is 934. The summed E-state index contributed by atoms with van der Waals surface area (Å²) in [5, 5.41) is 0. The van der Waals surface area contributed by atoms with E-state index in [1.54, 1.807) is 17.0 Å². The van der Waals surface area contributed by atoms with Gasteiger partial charge in [-0.15, -0.1) is 0 Å². The molecule has 1 amide bonds. The number of hydrogen-bond acceptors (Lipinski definition) is 4. The van der Waals surface area contributed by atoms with E-state index in [1.165, 1.54) is 7.11 Å². The fourth-order valence-electron chi connectivity index (χ4n) is 4.09. The first-order chi connectivity index (χ1) is 13.6. The van der Waals surface area contributed by atoms with Crippen LogP contribution in [0.4, 0.5) is 5.69 Å². The number of hydrogen-bond donors (Lipinski definition) is 0. The van der Waals surface area contributed by atoms with Crippen LogP contribution in [-0.4, -0.2) is 25.6 Å². The Kier molecular flexibility index (Phi) is 4.77. The van der Waals surface area contributed by atoms with E-state index in [1.807, 2.05) is 43.3 Å². The van der Waals surface area contributed by atoms with E-state index < -0.39 is 5.60 Å². The van der Waals surface area contributed by atoms with E-state index in [0.717, 1.165) is 23.2 Å². The number of carbonyl (C=O) groups excluding carboxylic acids is 2. The third-order valence-electron chi connectivity index (χ3n) is 5.55. The third-order valence-corrected chi connectivity index (χ3v) is 5.55. The van der Waals surface area contributed by atoms with Crippen LogP contribution >= 0.6 is 0 Å². The number of amides is 1. The number of anilines is 1. The predicted octanol–water partition coefficient (Wildman–Crippen LogP) is 3.83. The highest BCUT2D eigenvalue weighted by Crippen LogP contribution is 2.48. The molecule has 0 aliphatic carbocycles. The molecule has 0 aromatic heterocycles. The molecule has 1 spiro atoms. The van der Waals surface area contributed by atoms with Gasteiger partial charge in [-0.3, -0.25) is 4.79 Å². The molecule has 0 N–H and O–H groups in total. The van der Waals surface area contributed by atoms with Gasteiger partial charge in [0.05, 0.1) is 31.5 Å². The minimum Gasteiger partial charge on any atom is -0.465 e. The Morgan fingerprint density at radius 3 is 2.71 bits per heavy atom. The fraction of sp³-hybridized carbons (Fsp3) is 0.304. The molecular formula is C23H23NO4. The molecule has 5 nitrogen and oxygen atoms in total. The Hall–Kier alpha value is -2.92. The first kappa shape index (κ1) is 18.4. The van der Waals surface area contributed by atoms with Gasteiger partial charge in [0, 0.05) is 11.5 Å². The van der Waals surface area contributed by atoms with E-state index >= 15 is 0 Å². The van der Waals surface area contributed by atoms with E-state index in [-0.39, 0.29) is 17.8 Å². The summed E-state index contributed by atoms with van der Waals surface area (Å²) < 4.78 is 11.0. The summed E-state index contributed by atoms with van der Waals surface area (Å²) in [5.41, 5.74) is 2.25. The van der Waals surface area contributed by atoms with Crippen molar-refractivity contribution in [2.45, 2.75) is 25.5 Å². The largest absolute Gasteiger partial charge is 0.465 e. The molecule has 5 heteroatoms. The van der Waals surface area contributed by atoms with Gasteiger partial charge in [-0.05, 0) is 30.2 Å². The maximum Gasteiger partial charge on any atom is 0.337 e. The minimum absolute atomic E-state index is 0.0372. The zero-order valence-electron chi connectivity index (χ0n) is 16.1. The highest BCUT2D eigenvalue weighted by molar-refractivity contribution is 6.07. The van der Waals surface area contributed by atoms with Gasteiger partial charge in [0.2, 0.25) is 0 Å². The van der Waals surface area contributed by atoms with Crippen molar-refractivity contribution in [1.29, 1.82) is 0 Å². The molecule has 2 atom stereocenters. The average molecular weight is 377 g/mol. The second-order valence-corrected chi connectivity index (χ2v) is 7.19. The summed E-state index contributed by atoms with van der Waals surface area (Å²) in [6, 6.07) is 15.0. The van der Waals surface area contributed by atoms with E-state index in [2.05, 4.69) is 12.2 Å². The quantitative estimate of drug-likeness (QED) is 0.603. The van der Waals surface area contributed by atoms with Crippen molar-refractivity contribution in [3.8, 4) is 0 Å². The SMILES string of the molecule is COC(=O)c1ccc(CN2C(=O)C3(OCCC=CC3C)c3ccccc32)cc1. The molecule has 2 aliphatic heterocycles. The molecular weight excluding hydrogens is 354 g/mol. The van der Waals surface area contributed by atoms with Crippen molar-refractivity contribution < 1.29 is 19.1 Å². The molecule has 2 aromatic rings. The number of methoxy groups -OCH3 is 1. The Labute approximate surface area is 164 Å². The second kappa shape index (κ2) is 7.24. The van der Waals surface area contributed by atoms with Crippen LogP contribution in [0.1, 0.15) is 34.8 Å². The van der Waals surface area contributed by atoms with Crippen LogP contribution in [0.15, 0.2) is 60.7 Å². The van der Waals surface area contributed by atoms with Crippen LogP contribution in [0.2, 0.25) is 0 Å². The molecule has 2 heterocycles. The van der Waals surface area contributed by atoms with Crippen molar-refractivity contribution in [3.05, 3.63) is 77.4 Å². The van der Waals surface area contributed by atoms with Gasteiger partial charge in [0.15, 0.2) is 5.60 Å². The first-order valence-electron chi connectivity index (χ1n) is 9.47. The zero-order valence-corrected chi connectivity index (χ0v) is 16.1. The summed E-state index contributed by atoms with van der Waals surface area (Å²) in [4.78, 5) is 27.1. The molecule has 28 heavy (non-hydrogen) atoms. The molecule has 4 rings (SSSR count).